The molecule has 0 aliphatic carbocycles. The van der Waals surface area contributed by atoms with Crippen molar-refractivity contribution in [2.75, 3.05) is 11.9 Å². The first-order valence-corrected chi connectivity index (χ1v) is 6.79. The molecule has 0 bridgehead atoms. The minimum absolute atomic E-state index is 0.163. The van der Waals surface area contributed by atoms with Crippen molar-refractivity contribution in [2.45, 2.75) is 32.6 Å². The van der Waals surface area contributed by atoms with Crippen LogP contribution in [0.25, 0.3) is 0 Å². The molecule has 1 heterocycles. The van der Waals surface area contributed by atoms with Crippen LogP contribution in [-0.4, -0.2) is 16.3 Å². The molecule has 2 rings (SSSR count). The Bertz CT molecular complexity index is 535. The average Bonchev–Trinajstić information content (AvgIpc) is 2.75. The molecule has 1 aromatic carbocycles. The highest BCUT2D eigenvalue weighted by Crippen LogP contribution is 2.29. The molecule has 0 aliphatic rings. The second kappa shape index (κ2) is 5.47. The molecule has 3 nitrogen and oxygen atoms in total. The first kappa shape index (κ1) is 13.7. The first-order chi connectivity index (χ1) is 8.98. The summed E-state index contributed by atoms with van der Waals surface area (Å²) in [6.07, 6.45) is 2.83. The Hall–Kier alpha value is -1.77. The van der Waals surface area contributed by atoms with Crippen molar-refractivity contribution in [3.05, 3.63) is 47.8 Å². The molecule has 102 valence electrons. The summed E-state index contributed by atoms with van der Waals surface area (Å²) < 4.78 is 1.93. The van der Waals surface area contributed by atoms with E-state index in [1.54, 1.807) is 0 Å². The zero-order valence-electron chi connectivity index (χ0n) is 12.3. The van der Waals surface area contributed by atoms with Crippen LogP contribution in [-0.2, 0) is 18.9 Å². The second-order valence-corrected chi connectivity index (χ2v) is 5.92. The van der Waals surface area contributed by atoms with E-state index in [4.69, 9.17) is 0 Å². The summed E-state index contributed by atoms with van der Waals surface area (Å²) >= 11 is 0. The minimum Gasteiger partial charge on any atom is -0.384 e. The van der Waals surface area contributed by atoms with Crippen molar-refractivity contribution in [1.82, 2.24) is 9.78 Å². The van der Waals surface area contributed by atoms with Crippen molar-refractivity contribution >= 4 is 5.69 Å². The second-order valence-electron chi connectivity index (χ2n) is 5.92. The van der Waals surface area contributed by atoms with E-state index in [1.165, 1.54) is 16.9 Å². The monoisotopic (exact) mass is 257 g/mol. The highest BCUT2D eigenvalue weighted by molar-refractivity contribution is 5.54. The van der Waals surface area contributed by atoms with Crippen molar-refractivity contribution in [1.29, 1.82) is 0 Å². The summed E-state index contributed by atoms with van der Waals surface area (Å²) in [5.74, 6) is 0. The van der Waals surface area contributed by atoms with Crippen molar-refractivity contribution < 1.29 is 0 Å². The Kier molecular flexibility index (Phi) is 3.93. The third-order valence-corrected chi connectivity index (χ3v) is 3.35. The molecule has 0 saturated carbocycles. The Morgan fingerprint density at radius 2 is 1.89 bits per heavy atom. The molecule has 0 atom stereocenters. The van der Waals surface area contributed by atoms with Gasteiger partial charge in [-0.15, -0.1) is 0 Å². The largest absolute Gasteiger partial charge is 0.384 e. The van der Waals surface area contributed by atoms with Gasteiger partial charge in [-0.2, -0.15) is 5.10 Å². The Morgan fingerprint density at radius 3 is 2.53 bits per heavy atom. The predicted octanol–water partition coefficient (Wildman–Crippen LogP) is 3.37. The summed E-state index contributed by atoms with van der Waals surface area (Å²) in [7, 11) is 1.98. The third-order valence-electron chi connectivity index (χ3n) is 3.35. The molecule has 0 radical (unpaired) electrons. The van der Waals surface area contributed by atoms with E-state index in [-0.39, 0.29) is 5.41 Å². The van der Waals surface area contributed by atoms with Crippen LogP contribution in [0.1, 0.15) is 32.0 Å². The van der Waals surface area contributed by atoms with E-state index in [1.807, 2.05) is 17.9 Å². The number of para-hydroxylation sites is 1. The molecular weight excluding hydrogens is 234 g/mol. The van der Waals surface area contributed by atoms with Gasteiger partial charge in [-0.1, -0.05) is 39.0 Å². The maximum atomic E-state index is 4.19. The summed E-state index contributed by atoms with van der Waals surface area (Å²) in [5, 5.41) is 7.73. The van der Waals surface area contributed by atoms with E-state index < -0.39 is 0 Å². The van der Waals surface area contributed by atoms with Crippen LogP contribution in [0.2, 0.25) is 0 Å². The zero-order chi connectivity index (χ0) is 13.9. The lowest BCUT2D eigenvalue weighted by Crippen LogP contribution is -2.16. The topological polar surface area (TPSA) is 29.9 Å². The molecule has 0 fully saturated rings. The fourth-order valence-electron chi connectivity index (χ4n) is 2.26. The van der Waals surface area contributed by atoms with E-state index in [9.17, 15) is 0 Å². The van der Waals surface area contributed by atoms with Crippen LogP contribution < -0.4 is 5.32 Å². The molecular formula is C16H23N3. The number of aryl methyl sites for hydroxylation is 1. The van der Waals surface area contributed by atoms with Crippen LogP contribution in [0.15, 0.2) is 36.5 Å². The number of hydrogen-bond donors (Lipinski definition) is 1. The van der Waals surface area contributed by atoms with E-state index in [0.29, 0.717) is 0 Å². The maximum Gasteiger partial charge on any atom is 0.0492 e. The molecule has 1 aromatic heterocycles. The molecule has 2 aromatic rings. The fourth-order valence-corrected chi connectivity index (χ4v) is 2.26. The highest BCUT2D eigenvalue weighted by Gasteiger charge is 2.16. The standard InChI is InChI=1S/C16H23N3/c1-16(2,3)14-7-5-6-8-15(14)17-11-9-13-10-12-18-19(13)4/h5-8,10,12,17H,9,11H2,1-4H3. The van der Waals surface area contributed by atoms with Gasteiger partial charge in [0.1, 0.15) is 0 Å². The summed E-state index contributed by atoms with van der Waals surface area (Å²) in [5.41, 5.74) is 4.01. The number of anilines is 1. The number of rotatable bonds is 4. The van der Waals surface area contributed by atoms with Crippen LogP contribution in [0.4, 0.5) is 5.69 Å². The summed E-state index contributed by atoms with van der Waals surface area (Å²) in [6, 6.07) is 10.6. The van der Waals surface area contributed by atoms with Crippen LogP contribution >= 0.6 is 0 Å². The van der Waals surface area contributed by atoms with Gasteiger partial charge < -0.3 is 5.32 Å². The fraction of sp³-hybridized carbons (Fsp3) is 0.438. The van der Waals surface area contributed by atoms with Crippen molar-refractivity contribution in [3.63, 3.8) is 0 Å². The number of benzene rings is 1. The van der Waals surface area contributed by atoms with Crippen LogP contribution in [0.5, 0.6) is 0 Å². The molecule has 0 amide bonds. The van der Waals surface area contributed by atoms with Gasteiger partial charge in [0.25, 0.3) is 0 Å². The molecule has 1 N–H and O–H groups in total. The first-order valence-electron chi connectivity index (χ1n) is 6.79. The normalized spacial score (nSPS) is 11.6. The maximum absolute atomic E-state index is 4.19. The number of nitrogens with zero attached hydrogens (tertiary/aromatic N) is 2. The Labute approximate surface area is 115 Å². The van der Waals surface area contributed by atoms with Crippen LogP contribution in [0, 0.1) is 0 Å². The minimum atomic E-state index is 0.163. The lowest BCUT2D eigenvalue weighted by molar-refractivity contribution is 0.591. The molecule has 0 saturated heterocycles. The summed E-state index contributed by atoms with van der Waals surface area (Å²) in [6.45, 7) is 7.66. The lowest BCUT2D eigenvalue weighted by Gasteiger charge is -2.23. The van der Waals surface area contributed by atoms with Gasteiger partial charge in [0.2, 0.25) is 0 Å². The van der Waals surface area contributed by atoms with Gasteiger partial charge >= 0.3 is 0 Å². The summed E-state index contributed by atoms with van der Waals surface area (Å²) in [4.78, 5) is 0. The third kappa shape index (κ3) is 3.37. The molecule has 0 unspecified atom stereocenters. The van der Waals surface area contributed by atoms with Gasteiger partial charge in [-0.3, -0.25) is 4.68 Å². The smallest absolute Gasteiger partial charge is 0.0492 e. The molecule has 19 heavy (non-hydrogen) atoms. The average molecular weight is 257 g/mol. The van der Waals surface area contributed by atoms with Gasteiger partial charge in [0, 0.05) is 37.6 Å². The Balaban J connectivity index is 2.02. The quantitative estimate of drug-likeness (QED) is 0.910. The number of aromatic nitrogens is 2. The predicted molar refractivity (Wildman–Crippen MR) is 80.5 cm³/mol. The van der Waals surface area contributed by atoms with E-state index in [2.05, 4.69) is 61.5 Å². The highest BCUT2D eigenvalue weighted by atomic mass is 15.3. The molecule has 0 spiro atoms. The van der Waals surface area contributed by atoms with E-state index in [0.717, 1.165) is 13.0 Å². The van der Waals surface area contributed by atoms with Crippen molar-refractivity contribution in [2.24, 2.45) is 7.05 Å². The molecule has 3 heteroatoms. The van der Waals surface area contributed by atoms with Crippen molar-refractivity contribution in [3.8, 4) is 0 Å². The van der Waals surface area contributed by atoms with E-state index >= 15 is 0 Å². The van der Waals surface area contributed by atoms with Crippen LogP contribution in [0.3, 0.4) is 0 Å². The lowest BCUT2D eigenvalue weighted by atomic mass is 9.86. The zero-order valence-corrected chi connectivity index (χ0v) is 12.3. The van der Waals surface area contributed by atoms with Gasteiger partial charge in [0.15, 0.2) is 0 Å². The van der Waals surface area contributed by atoms with Gasteiger partial charge in [0.05, 0.1) is 0 Å². The SMILES string of the molecule is Cn1nccc1CCNc1ccccc1C(C)(C)C. The van der Waals surface area contributed by atoms with Gasteiger partial charge in [-0.25, -0.2) is 0 Å². The Morgan fingerprint density at radius 1 is 1.16 bits per heavy atom. The number of nitrogens with one attached hydrogen (secondary N) is 1. The number of hydrogen-bond acceptors (Lipinski definition) is 2. The van der Waals surface area contributed by atoms with Gasteiger partial charge in [-0.05, 0) is 23.1 Å². The molecule has 0 aliphatic heterocycles.